The third-order valence-corrected chi connectivity index (χ3v) is 10.8. The average Bonchev–Trinajstić information content (AvgIpc) is 3.83. The first kappa shape index (κ1) is 27.5. The van der Waals surface area contributed by atoms with Gasteiger partial charge in [0.1, 0.15) is 5.65 Å². The Kier molecular flexibility index (Phi) is 5.65. The molecular weight excluding hydrogens is 611 g/mol. The summed E-state index contributed by atoms with van der Waals surface area (Å²) >= 11 is 0. The van der Waals surface area contributed by atoms with Crippen LogP contribution >= 0.6 is 0 Å². The van der Waals surface area contributed by atoms with Gasteiger partial charge >= 0.3 is 0 Å². The van der Waals surface area contributed by atoms with Crippen LogP contribution in [-0.2, 0) is 0 Å². The molecule has 2 atom stereocenters. The number of rotatable bonds is 3. The van der Waals surface area contributed by atoms with Gasteiger partial charge in [-0.3, -0.25) is 8.97 Å². The smallest absolute Gasteiger partial charge is 0.221 e. The molecule has 0 N–H and O–H groups in total. The highest BCUT2D eigenvalue weighted by atomic mass is 15.2. The summed E-state index contributed by atoms with van der Waals surface area (Å²) in [5.74, 6) is 1.31. The van der Waals surface area contributed by atoms with Gasteiger partial charge in [-0.05, 0) is 77.7 Å². The molecule has 5 heteroatoms. The maximum absolute atomic E-state index is 5.39. The molecule has 11 rings (SSSR count). The summed E-state index contributed by atoms with van der Waals surface area (Å²) in [4.78, 5) is 10.5. The Hall–Kier alpha value is -6.46. The minimum absolute atomic E-state index is 0.201. The molecule has 0 radical (unpaired) electrons. The number of hydrogen-bond donors (Lipinski definition) is 0. The lowest BCUT2D eigenvalue weighted by atomic mass is 9.78. The molecule has 4 aromatic heterocycles. The van der Waals surface area contributed by atoms with E-state index in [1.165, 1.54) is 44.2 Å². The van der Waals surface area contributed by atoms with Crippen molar-refractivity contribution in [1.82, 2.24) is 23.5 Å². The lowest BCUT2D eigenvalue weighted by molar-refractivity contribution is 0.671. The summed E-state index contributed by atoms with van der Waals surface area (Å²) in [5.41, 5.74) is 12.5. The van der Waals surface area contributed by atoms with Gasteiger partial charge in [-0.2, -0.15) is 0 Å². The van der Waals surface area contributed by atoms with E-state index in [0.29, 0.717) is 0 Å². The third-order valence-electron chi connectivity index (χ3n) is 10.8. The topological polar surface area (TPSA) is 40.0 Å². The lowest BCUT2D eigenvalue weighted by Crippen LogP contribution is -2.12. The Morgan fingerprint density at radius 2 is 1.16 bits per heavy atom. The second-order valence-electron chi connectivity index (χ2n) is 13.5. The van der Waals surface area contributed by atoms with Gasteiger partial charge in [-0.1, -0.05) is 104 Å². The molecule has 0 bridgehead atoms. The highest BCUT2D eigenvalue weighted by Gasteiger charge is 2.30. The fraction of sp³-hybridized carbons (Fsp3) is 0.0667. The van der Waals surface area contributed by atoms with Gasteiger partial charge in [0, 0.05) is 33.2 Å². The van der Waals surface area contributed by atoms with Gasteiger partial charge in [-0.15, -0.1) is 0 Å². The van der Waals surface area contributed by atoms with Crippen molar-refractivity contribution in [3.05, 3.63) is 168 Å². The molecule has 6 aromatic carbocycles. The number of fused-ring (bicyclic) bond motifs is 11. The molecule has 236 valence electrons. The molecule has 0 amide bonds. The molecule has 1 aliphatic rings. The van der Waals surface area contributed by atoms with Crippen LogP contribution in [0.15, 0.2) is 152 Å². The zero-order valence-electron chi connectivity index (χ0n) is 27.4. The molecule has 0 aliphatic heterocycles. The summed E-state index contributed by atoms with van der Waals surface area (Å²) in [5, 5.41) is 4.78. The van der Waals surface area contributed by atoms with Crippen LogP contribution in [-0.4, -0.2) is 23.5 Å². The van der Waals surface area contributed by atoms with E-state index < -0.39 is 0 Å². The first-order chi connectivity index (χ1) is 24.7. The fourth-order valence-electron chi connectivity index (χ4n) is 8.61. The average molecular weight is 642 g/mol. The van der Waals surface area contributed by atoms with Gasteiger partial charge < -0.3 is 4.57 Å². The lowest BCUT2D eigenvalue weighted by Gasteiger charge is -2.27. The molecule has 10 aromatic rings. The molecule has 0 fully saturated rings. The minimum atomic E-state index is 0.201. The Balaban J connectivity index is 1.16. The van der Waals surface area contributed by atoms with E-state index in [0.717, 1.165) is 44.6 Å². The minimum Gasteiger partial charge on any atom is -0.310 e. The summed E-state index contributed by atoms with van der Waals surface area (Å²) in [7, 11) is 0. The standard InChI is InChI=1S/C45H31N5/c1-28-31(25-26-41-43(28)35-17-7-11-21-39(35)48(41)30-13-3-2-4-14-30)29-23-24-33-32-15-6-10-20-38(32)49(42(33)27-29)45-47-36-18-8-5-16-34(36)44-46-37-19-9-12-22-40(37)50(44)45/h2-28,31H,1H3. The SMILES string of the molecule is CC1c2c(n(-c3ccccc3)c3ccccc23)C=CC1c1ccc2c3ccccc3n(-c3nc4ccccc4c4nc5ccccc5n34)c2c1. The maximum atomic E-state index is 5.39. The van der Waals surface area contributed by atoms with Gasteiger partial charge in [0.05, 0.1) is 38.8 Å². The van der Waals surface area contributed by atoms with Crippen LogP contribution in [0.2, 0.25) is 0 Å². The van der Waals surface area contributed by atoms with Gasteiger partial charge in [-0.25, -0.2) is 9.97 Å². The van der Waals surface area contributed by atoms with Gasteiger partial charge in [0.25, 0.3) is 0 Å². The van der Waals surface area contributed by atoms with Crippen molar-refractivity contribution in [3.63, 3.8) is 0 Å². The van der Waals surface area contributed by atoms with Crippen LogP contribution in [0.1, 0.15) is 35.6 Å². The van der Waals surface area contributed by atoms with Crippen LogP contribution in [0.25, 0.3) is 78.0 Å². The predicted molar refractivity (Wildman–Crippen MR) is 206 cm³/mol. The van der Waals surface area contributed by atoms with Crippen LogP contribution in [0.5, 0.6) is 0 Å². The zero-order chi connectivity index (χ0) is 32.9. The van der Waals surface area contributed by atoms with Crippen molar-refractivity contribution in [2.75, 3.05) is 0 Å². The third kappa shape index (κ3) is 3.72. The van der Waals surface area contributed by atoms with Crippen LogP contribution in [0, 0.1) is 0 Å². The van der Waals surface area contributed by atoms with E-state index in [1.54, 1.807) is 0 Å². The monoisotopic (exact) mass is 641 g/mol. The van der Waals surface area contributed by atoms with Crippen molar-refractivity contribution in [1.29, 1.82) is 0 Å². The Labute approximate surface area is 288 Å². The van der Waals surface area contributed by atoms with E-state index in [4.69, 9.17) is 9.97 Å². The molecule has 50 heavy (non-hydrogen) atoms. The molecule has 0 spiro atoms. The van der Waals surface area contributed by atoms with Crippen molar-refractivity contribution in [2.24, 2.45) is 0 Å². The molecule has 1 aliphatic carbocycles. The van der Waals surface area contributed by atoms with E-state index in [-0.39, 0.29) is 11.8 Å². The summed E-state index contributed by atoms with van der Waals surface area (Å²) in [6, 6.07) is 52.0. The quantitative estimate of drug-likeness (QED) is 0.193. The van der Waals surface area contributed by atoms with Gasteiger partial charge in [0.2, 0.25) is 5.95 Å². The van der Waals surface area contributed by atoms with E-state index in [9.17, 15) is 0 Å². The Bertz CT molecular complexity index is 3010. The molecule has 2 unspecified atom stereocenters. The second-order valence-corrected chi connectivity index (χ2v) is 13.5. The van der Waals surface area contributed by atoms with E-state index in [1.807, 2.05) is 0 Å². The molecular formula is C45H31N5. The van der Waals surface area contributed by atoms with E-state index in [2.05, 4.69) is 178 Å². The summed E-state index contributed by atoms with van der Waals surface area (Å²) < 4.78 is 7.01. The molecule has 0 saturated heterocycles. The Morgan fingerprint density at radius 3 is 1.98 bits per heavy atom. The number of benzene rings is 6. The predicted octanol–water partition coefficient (Wildman–Crippen LogP) is 11.0. The normalized spacial score (nSPS) is 16.0. The summed E-state index contributed by atoms with van der Waals surface area (Å²) in [6.07, 6.45) is 4.76. The van der Waals surface area contributed by atoms with Crippen molar-refractivity contribution >= 4 is 66.4 Å². The molecule has 5 nitrogen and oxygen atoms in total. The number of para-hydroxylation sites is 6. The zero-order valence-corrected chi connectivity index (χ0v) is 27.4. The molecule has 4 heterocycles. The Morgan fingerprint density at radius 1 is 0.520 bits per heavy atom. The first-order valence-electron chi connectivity index (χ1n) is 17.3. The van der Waals surface area contributed by atoms with Crippen molar-refractivity contribution in [3.8, 4) is 11.6 Å². The van der Waals surface area contributed by atoms with Crippen LogP contribution < -0.4 is 0 Å². The van der Waals surface area contributed by atoms with Crippen molar-refractivity contribution < 1.29 is 0 Å². The highest BCUT2D eigenvalue weighted by Crippen LogP contribution is 2.46. The number of nitrogens with zero attached hydrogens (tertiary/aromatic N) is 5. The highest BCUT2D eigenvalue weighted by molar-refractivity contribution is 6.10. The largest absolute Gasteiger partial charge is 0.310 e. The number of hydrogen-bond acceptors (Lipinski definition) is 2. The van der Waals surface area contributed by atoms with E-state index >= 15 is 0 Å². The molecule has 0 saturated carbocycles. The number of aromatic nitrogens is 5. The first-order valence-corrected chi connectivity index (χ1v) is 17.3. The second kappa shape index (κ2) is 10.3. The van der Waals surface area contributed by atoms with Crippen LogP contribution in [0.3, 0.4) is 0 Å². The van der Waals surface area contributed by atoms with Crippen molar-refractivity contribution in [2.45, 2.75) is 18.8 Å². The van der Waals surface area contributed by atoms with Gasteiger partial charge in [0.15, 0.2) is 0 Å². The fourth-order valence-corrected chi connectivity index (χ4v) is 8.61. The van der Waals surface area contributed by atoms with Crippen LogP contribution in [0.4, 0.5) is 0 Å². The summed E-state index contributed by atoms with van der Waals surface area (Å²) in [6.45, 7) is 2.39. The number of imidazole rings is 1. The number of allylic oxidation sites excluding steroid dienone is 1. The maximum Gasteiger partial charge on any atom is 0.221 e.